The van der Waals surface area contributed by atoms with Crippen LogP contribution in [0, 0.1) is 20.4 Å². The maximum absolute atomic E-state index is 12.8. The molecule has 0 aromatic rings. The number of hydrogen-bond donors (Lipinski definition) is 3. The van der Waals surface area contributed by atoms with Gasteiger partial charge >= 0.3 is 63.8 Å². The summed E-state index contributed by atoms with van der Waals surface area (Å²) < 4.78 is 38.5. The number of piperazine rings is 1. The van der Waals surface area contributed by atoms with Crippen LogP contribution in [0.25, 0.3) is 10.3 Å². The number of hydrazone groups is 1. The van der Waals surface area contributed by atoms with Crippen LogP contribution in [0.3, 0.4) is 0 Å². The number of nitrogens with zero attached hydrogens (tertiary/aromatic N) is 5. The number of hydrogen-bond acceptors (Lipinski definition) is 4. The van der Waals surface area contributed by atoms with Crippen LogP contribution in [0.2, 0.25) is 0 Å². The van der Waals surface area contributed by atoms with Crippen molar-refractivity contribution < 1.29 is 69.4 Å². The normalized spacial score (nSPS) is 16.3. The summed E-state index contributed by atoms with van der Waals surface area (Å²) in [5, 5.41) is 18.9. The van der Waals surface area contributed by atoms with Gasteiger partial charge in [0, 0.05) is 25.2 Å². The maximum Gasteiger partial charge on any atom is 1.00 e. The van der Waals surface area contributed by atoms with Crippen molar-refractivity contribution in [1.29, 1.82) is 0 Å². The van der Waals surface area contributed by atoms with Crippen LogP contribution in [0.1, 0.15) is 88.0 Å². The molecule has 1 saturated heterocycles. The average Bonchev–Trinajstić information content (AvgIpc) is 2.98. The van der Waals surface area contributed by atoms with Gasteiger partial charge in [0.1, 0.15) is 22.9 Å². The molecule has 1 rings (SSSR count). The molecule has 0 aromatic heterocycles. The van der Waals surface area contributed by atoms with Gasteiger partial charge in [0.15, 0.2) is 0 Å². The second kappa shape index (κ2) is 32.8. The number of aliphatic imine (C=N–C) groups is 1. The third-order valence-corrected chi connectivity index (χ3v) is 5.07. The zero-order valence-corrected chi connectivity index (χ0v) is 33.2. The Morgan fingerprint density at radius 1 is 1.15 bits per heavy atom. The Balaban J connectivity index is -0.000000222. The van der Waals surface area contributed by atoms with Gasteiger partial charge in [-0.3, -0.25) is 4.79 Å². The monoisotopic (exact) mass is 677 g/mol. The first kappa shape index (κ1) is 53.4. The minimum atomic E-state index is -4.55. The van der Waals surface area contributed by atoms with E-state index >= 15 is 0 Å². The second-order valence-electron chi connectivity index (χ2n) is 8.81. The van der Waals surface area contributed by atoms with Crippen molar-refractivity contribution in [3.05, 3.63) is 73.6 Å². The summed E-state index contributed by atoms with van der Waals surface area (Å²) in [5.41, 5.74) is 1.67. The molecule has 0 radical (unpaired) electrons. The average molecular weight is 678 g/mol. The van der Waals surface area contributed by atoms with E-state index in [4.69, 9.17) is 5.41 Å². The molecule has 1 heterocycles. The number of amides is 1. The van der Waals surface area contributed by atoms with Gasteiger partial charge in [-0.05, 0) is 63.1 Å². The van der Waals surface area contributed by atoms with Crippen LogP contribution < -0.4 is 67.4 Å². The van der Waals surface area contributed by atoms with Crippen LogP contribution in [0.4, 0.5) is 13.2 Å². The number of alkyl halides is 3. The summed E-state index contributed by atoms with van der Waals surface area (Å²) in [6.07, 6.45) is 2.26. The zero-order valence-electron chi connectivity index (χ0n) is 30.1. The molecule has 1 fully saturated rings. The van der Waals surface area contributed by atoms with E-state index in [0.717, 1.165) is 18.9 Å². The van der Waals surface area contributed by atoms with Crippen molar-refractivity contribution in [2.24, 2.45) is 10.1 Å². The van der Waals surface area contributed by atoms with Gasteiger partial charge in [-0.25, -0.2) is 10.1 Å². The molecular formula is C33H57F3KN8O-. The van der Waals surface area contributed by atoms with Gasteiger partial charge in [-0.1, -0.05) is 67.0 Å². The third kappa shape index (κ3) is 26.0. The Labute approximate surface area is 320 Å². The molecule has 13 heteroatoms. The Bertz CT molecular complexity index is 1050. The third-order valence-electron chi connectivity index (χ3n) is 5.07. The summed E-state index contributed by atoms with van der Waals surface area (Å²) >= 11 is 0. The predicted molar refractivity (Wildman–Crippen MR) is 188 cm³/mol. The second-order valence-corrected chi connectivity index (χ2v) is 8.81. The summed E-state index contributed by atoms with van der Waals surface area (Å²) in [6.45, 7) is 29.5. The molecule has 0 spiro atoms. The molecule has 1 aliphatic rings. The molecule has 0 saturated carbocycles. The van der Waals surface area contributed by atoms with Gasteiger partial charge in [0.05, 0.1) is 0 Å². The molecule has 9 nitrogen and oxygen atoms in total. The van der Waals surface area contributed by atoms with Crippen molar-refractivity contribution in [2.45, 2.75) is 106 Å². The first-order chi connectivity index (χ1) is 20.8. The van der Waals surface area contributed by atoms with Crippen LogP contribution in [-0.4, -0.2) is 59.5 Å². The first-order valence-corrected chi connectivity index (χ1v) is 15.0. The molecule has 0 aromatic carbocycles. The van der Waals surface area contributed by atoms with Gasteiger partial charge in [0.2, 0.25) is 6.07 Å². The number of nitrogens with one attached hydrogen (secondary N) is 3. The first-order valence-electron chi connectivity index (χ1n) is 15.0. The summed E-state index contributed by atoms with van der Waals surface area (Å²) in [4.78, 5) is 21.5. The van der Waals surface area contributed by atoms with Gasteiger partial charge < -0.3 is 40.7 Å². The molecule has 0 aliphatic carbocycles. The van der Waals surface area contributed by atoms with Crippen LogP contribution in [-0.2, 0) is 4.79 Å². The maximum atomic E-state index is 12.8. The molecule has 1 aliphatic heterocycles. The Hall–Kier alpha value is -2.08. The van der Waals surface area contributed by atoms with E-state index in [2.05, 4.69) is 75.9 Å². The van der Waals surface area contributed by atoms with Crippen molar-refractivity contribution in [3.8, 4) is 6.07 Å². The molecule has 0 bridgehead atoms. The quantitative estimate of drug-likeness (QED) is 0.0605. The number of carbonyl (C=O) groups is 1. The Morgan fingerprint density at radius 3 is 2.09 bits per heavy atom. The van der Waals surface area contributed by atoms with Gasteiger partial charge in [0.25, 0.3) is 5.91 Å². The van der Waals surface area contributed by atoms with Crippen LogP contribution in [0.5, 0.6) is 0 Å². The van der Waals surface area contributed by atoms with Crippen LogP contribution >= 0.6 is 0 Å². The zero-order chi connectivity index (χ0) is 34.7. The largest absolute Gasteiger partial charge is 1.00 e. The summed E-state index contributed by atoms with van der Waals surface area (Å²) in [6, 6.07) is 3.38. The number of halogens is 3. The Kier molecular flexibility index (Phi) is 38.1. The minimum Gasteiger partial charge on any atom is -0.468 e. The van der Waals surface area contributed by atoms with E-state index in [1.807, 2.05) is 34.6 Å². The van der Waals surface area contributed by atoms with Crippen molar-refractivity contribution in [3.63, 3.8) is 0 Å². The molecule has 0 unspecified atom stereocenters. The predicted octanol–water partition coefficient (Wildman–Crippen LogP) is 5.04. The van der Waals surface area contributed by atoms with E-state index < -0.39 is 17.8 Å². The number of allylic oxidation sites excluding steroid dienone is 1. The molecule has 2 atom stereocenters. The summed E-state index contributed by atoms with van der Waals surface area (Å²) in [5.74, 6) is 0.0430. The molecule has 46 heavy (non-hydrogen) atoms. The van der Waals surface area contributed by atoms with Crippen molar-refractivity contribution in [1.82, 2.24) is 21.0 Å². The molecule has 3 N–H and O–H groups in total. The van der Waals surface area contributed by atoms with E-state index in [1.165, 1.54) is 25.3 Å². The number of amidine groups is 2. The minimum absolute atomic E-state index is 0. The number of carbonyl (C=O) groups excluding carboxylic acids is 1. The Morgan fingerprint density at radius 2 is 1.70 bits per heavy atom. The van der Waals surface area contributed by atoms with E-state index in [9.17, 15) is 18.0 Å². The van der Waals surface area contributed by atoms with Gasteiger partial charge in [-0.15, -0.1) is 0 Å². The fourth-order valence-corrected chi connectivity index (χ4v) is 3.36. The SMILES string of the molecule is C=C/C(=C\[N+]#CC[CH2-])C(=O)NC(=C/CCC)/N=C(\CC)C(F)(F)F.C=C/C(=N\NC(C)=[N-])N1C[C@@H](C)N[C@@H](C)C1.CC.CC.[CH3-].[K+]. The van der Waals surface area contributed by atoms with Crippen molar-refractivity contribution in [2.75, 3.05) is 13.1 Å². The van der Waals surface area contributed by atoms with Crippen LogP contribution in [0.15, 0.2) is 59.1 Å². The summed E-state index contributed by atoms with van der Waals surface area (Å²) in [7, 11) is 0. The van der Waals surface area contributed by atoms with E-state index in [-0.39, 0.29) is 82.5 Å². The van der Waals surface area contributed by atoms with Gasteiger partial charge in [-0.2, -0.15) is 13.2 Å². The van der Waals surface area contributed by atoms with Crippen molar-refractivity contribution >= 4 is 23.3 Å². The molecular weight excluding hydrogens is 621 g/mol. The molecule has 258 valence electrons. The fourth-order valence-electron chi connectivity index (χ4n) is 3.36. The fraction of sp³-hybridized carbons (Fsp3) is 0.545. The number of unbranched alkanes of at least 4 members (excludes halogenated alkanes) is 1. The standard InChI is InChI=1S/C17H22F3N3O.C11H20N5.2C2H6.CH3.K/c1-5-9-10-15(22-14(8-4)17(18,19)20)23-16(24)13(7-3)12-21-11-6-2;1-5-11(15-14-10(4)12)16-6-8(2)13-9(3)7-16;2*1-2;;/h7,10,12H,2-3,5-6,8-9H2,1,4H3,(H,23,24);5,8-9,13H,1,6-7H2,2-4H3,(H-,12,14);2*1-2H3;1H3;/q;-1;;;-1;+1/b13-12+,15-10+,22-14+;15-11+;;;;/t;8-,9+;;;;. The molecule has 1 amide bonds. The van der Waals surface area contributed by atoms with E-state index in [0.29, 0.717) is 31.3 Å². The van der Waals surface area contributed by atoms with E-state index in [1.54, 1.807) is 13.0 Å². The topological polar surface area (TPSA) is 108 Å². The number of rotatable bonds is 9. The smallest absolute Gasteiger partial charge is 0.468 e.